The van der Waals surface area contributed by atoms with Crippen molar-refractivity contribution in [3.05, 3.63) is 24.3 Å². The summed E-state index contributed by atoms with van der Waals surface area (Å²) in [6, 6.07) is 5.37. The van der Waals surface area contributed by atoms with Crippen LogP contribution in [0.15, 0.2) is 24.3 Å². The van der Waals surface area contributed by atoms with Gasteiger partial charge in [0.1, 0.15) is 17.4 Å². The Morgan fingerprint density at radius 3 is 2.59 bits per heavy atom. The number of hydrogen-bond donors (Lipinski definition) is 3. The van der Waals surface area contributed by atoms with Crippen molar-refractivity contribution in [2.24, 2.45) is 11.8 Å². The van der Waals surface area contributed by atoms with Crippen molar-refractivity contribution in [2.75, 3.05) is 25.6 Å². The zero-order chi connectivity index (χ0) is 24.6. The second kappa shape index (κ2) is 9.83. The van der Waals surface area contributed by atoms with Crippen LogP contribution in [0, 0.1) is 11.8 Å². The first-order valence-electron chi connectivity index (χ1n) is 11.8. The number of rotatable bonds is 9. The Labute approximate surface area is 207 Å². The minimum atomic E-state index is -1.15. The monoisotopic (exact) mass is 537 g/mol. The van der Waals surface area contributed by atoms with Crippen LogP contribution in [-0.4, -0.2) is 76.6 Å². The third-order valence-electron chi connectivity index (χ3n) is 7.26. The van der Waals surface area contributed by atoms with Crippen molar-refractivity contribution >= 4 is 39.3 Å². The predicted octanol–water partition coefficient (Wildman–Crippen LogP) is 1.68. The summed E-state index contributed by atoms with van der Waals surface area (Å²) in [5.74, 6) is -1.77. The molecule has 0 saturated carbocycles. The van der Waals surface area contributed by atoms with E-state index >= 15 is 0 Å². The number of fused-ring (bicyclic) bond motifs is 1. The normalized spacial score (nSPS) is 32.4. The number of alkyl halides is 1. The van der Waals surface area contributed by atoms with E-state index < -0.39 is 41.5 Å². The van der Waals surface area contributed by atoms with E-state index in [0.29, 0.717) is 30.8 Å². The number of carbonyl (C=O) groups excluding carboxylic acids is 3. The molecule has 3 saturated heterocycles. The highest BCUT2D eigenvalue weighted by Crippen LogP contribution is 2.60. The predicted molar refractivity (Wildman–Crippen MR) is 129 cm³/mol. The topological polar surface area (TPSA) is 117 Å². The SMILES string of the molecule is CCCNC(=O)[C@H]1[C@@H]2OC3(CC2Br)C(C(=O)Nc2ccc(OC)cc2)N([C@@H](CC)CO)C(=O)[C@H]13. The molecule has 3 N–H and O–H groups in total. The summed E-state index contributed by atoms with van der Waals surface area (Å²) in [5.41, 5.74) is -0.598. The maximum atomic E-state index is 13.8. The standard InChI is InChI=1S/C24H32BrN3O6/c1-4-10-26-21(30)17-18-23(32)28(14(5-2)12-29)20(24(18)11-16(25)19(17)34-24)22(31)27-13-6-8-15(33-3)9-7-13/h6-9,14,16-20,29H,4-5,10-12H2,1-3H3,(H,26,30)(H,27,31)/t14-,16?,17+,18-,19+,20?,24?/m0/s1. The van der Waals surface area contributed by atoms with Crippen LogP contribution >= 0.6 is 15.9 Å². The Balaban J connectivity index is 1.71. The molecule has 2 bridgehead atoms. The summed E-state index contributed by atoms with van der Waals surface area (Å²) in [6.07, 6.45) is 1.15. The molecule has 3 heterocycles. The molecular weight excluding hydrogens is 506 g/mol. The molecule has 3 aliphatic heterocycles. The van der Waals surface area contributed by atoms with Crippen molar-refractivity contribution < 1.29 is 29.0 Å². The van der Waals surface area contributed by atoms with Gasteiger partial charge in [0, 0.05) is 17.1 Å². The number of likely N-dealkylation sites (tertiary alicyclic amines) is 1. The average molecular weight is 538 g/mol. The summed E-state index contributed by atoms with van der Waals surface area (Å²) >= 11 is 3.64. The van der Waals surface area contributed by atoms with Crippen LogP contribution < -0.4 is 15.4 Å². The van der Waals surface area contributed by atoms with Gasteiger partial charge in [0.25, 0.3) is 0 Å². The molecule has 9 nitrogen and oxygen atoms in total. The van der Waals surface area contributed by atoms with Gasteiger partial charge in [-0.3, -0.25) is 14.4 Å². The Morgan fingerprint density at radius 1 is 1.29 bits per heavy atom. The summed E-state index contributed by atoms with van der Waals surface area (Å²) < 4.78 is 11.6. The summed E-state index contributed by atoms with van der Waals surface area (Å²) in [4.78, 5) is 42.0. The number of methoxy groups -OCH3 is 1. The zero-order valence-corrected chi connectivity index (χ0v) is 21.2. The van der Waals surface area contributed by atoms with Gasteiger partial charge in [0.05, 0.1) is 37.7 Å². The van der Waals surface area contributed by atoms with Gasteiger partial charge in [-0.05, 0) is 43.5 Å². The number of carbonyl (C=O) groups is 3. The molecule has 3 unspecified atom stereocenters. The van der Waals surface area contributed by atoms with Crippen LogP contribution in [0.4, 0.5) is 5.69 Å². The first-order valence-corrected chi connectivity index (χ1v) is 12.7. The molecule has 10 heteroatoms. The van der Waals surface area contributed by atoms with E-state index in [-0.39, 0.29) is 23.2 Å². The minimum Gasteiger partial charge on any atom is -0.497 e. The number of anilines is 1. The van der Waals surface area contributed by atoms with Gasteiger partial charge in [0.2, 0.25) is 17.7 Å². The van der Waals surface area contributed by atoms with E-state index in [2.05, 4.69) is 26.6 Å². The summed E-state index contributed by atoms with van der Waals surface area (Å²) in [5, 5.41) is 15.9. The van der Waals surface area contributed by atoms with E-state index in [9.17, 15) is 19.5 Å². The van der Waals surface area contributed by atoms with Crippen molar-refractivity contribution in [3.8, 4) is 5.75 Å². The van der Waals surface area contributed by atoms with Crippen molar-refractivity contribution in [1.29, 1.82) is 0 Å². The third kappa shape index (κ3) is 3.89. The van der Waals surface area contributed by atoms with Crippen molar-refractivity contribution in [1.82, 2.24) is 10.2 Å². The van der Waals surface area contributed by atoms with Crippen LogP contribution in [0.2, 0.25) is 0 Å². The quantitative estimate of drug-likeness (QED) is 0.412. The van der Waals surface area contributed by atoms with Gasteiger partial charge >= 0.3 is 0 Å². The van der Waals surface area contributed by atoms with E-state index in [4.69, 9.17) is 9.47 Å². The maximum Gasteiger partial charge on any atom is 0.250 e. The Kier molecular flexibility index (Phi) is 7.21. The number of ether oxygens (including phenoxy) is 2. The molecular formula is C24H32BrN3O6. The fourth-order valence-electron chi connectivity index (χ4n) is 5.72. The number of benzene rings is 1. The molecule has 7 atom stereocenters. The second-order valence-electron chi connectivity index (χ2n) is 9.16. The molecule has 1 aromatic carbocycles. The van der Waals surface area contributed by atoms with Gasteiger partial charge < -0.3 is 30.1 Å². The van der Waals surface area contributed by atoms with Gasteiger partial charge in [0.15, 0.2) is 0 Å². The first-order chi connectivity index (χ1) is 16.3. The molecule has 0 radical (unpaired) electrons. The molecule has 0 aliphatic carbocycles. The minimum absolute atomic E-state index is 0.167. The second-order valence-corrected chi connectivity index (χ2v) is 10.3. The van der Waals surface area contributed by atoms with Gasteiger partial charge in [-0.25, -0.2) is 0 Å². The molecule has 4 rings (SSSR count). The Hall–Kier alpha value is -2.17. The molecule has 1 spiro atoms. The van der Waals surface area contributed by atoms with Crippen LogP contribution in [0.3, 0.4) is 0 Å². The van der Waals surface area contributed by atoms with Gasteiger partial charge in [-0.2, -0.15) is 0 Å². The average Bonchev–Trinajstić information content (AvgIpc) is 3.42. The first kappa shape index (κ1) is 24.9. The number of halogens is 1. The fraction of sp³-hybridized carbons (Fsp3) is 0.625. The highest BCUT2D eigenvalue weighted by molar-refractivity contribution is 9.09. The molecule has 0 aromatic heterocycles. The van der Waals surface area contributed by atoms with E-state index in [0.717, 1.165) is 6.42 Å². The lowest BCUT2D eigenvalue weighted by Gasteiger charge is -2.36. The molecule has 1 aromatic rings. The Morgan fingerprint density at radius 2 is 2.00 bits per heavy atom. The van der Waals surface area contributed by atoms with E-state index in [1.165, 1.54) is 4.90 Å². The lowest BCUT2D eigenvalue weighted by atomic mass is 9.70. The lowest BCUT2D eigenvalue weighted by Crippen LogP contribution is -2.56. The third-order valence-corrected chi connectivity index (χ3v) is 8.11. The van der Waals surface area contributed by atoms with Crippen molar-refractivity contribution in [2.45, 2.75) is 61.7 Å². The highest BCUT2D eigenvalue weighted by atomic mass is 79.9. The summed E-state index contributed by atoms with van der Waals surface area (Å²) in [6.45, 7) is 4.03. The number of aliphatic hydroxyl groups is 1. The van der Waals surface area contributed by atoms with Crippen LogP contribution in [-0.2, 0) is 19.1 Å². The van der Waals surface area contributed by atoms with E-state index in [1.54, 1.807) is 31.4 Å². The smallest absolute Gasteiger partial charge is 0.250 e. The highest BCUT2D eigenvalue weighted by Gasteiger charge is 2.76. The van der Waals surface area contributed by atoms with Crippen LogP contribution in [0.5, 0.6) is 5.75 Å². The lowest BCUT2D eigenvalue weighted by molar-refractivity contribution is -0.144. The fourth-order valence-corrected chi connectivity index (χ4v) is 6.67. The van der Waals surface area contributed by atoms with Crippen LogP contribution in [0.25, 0.3) is 0 Å². The molecule has 34 heavy (non-hydrogen) atoms. The molecule has 3 fully saturated rings. The maximum absolute atomic E-state index is 13.8. The summed E-state index contributed by atoms with van der Waals surface area (Å²) in [7, 11) is 1.56. The molecule has 3 amide bonds. The van der Waals surface area contributed by atoms with Crippen molar-refractivity contribution in [3.63, 3.8) is 0 Å². The number of aliphatic hydroxyl groups excluding tert-OH is 1. The zero-order valence-electron chi connectivity index (χ0n) is 19.6. The number of hydrogen-bond acceptors (Lipinski definition) is 6. The Bertz CT molecular complexity index is 939. The van der Waals surface area contributed by atoms with E-state index in [1.807, 2.05) is 13.8 Å². The molecule has 186 valence electrons. The number of nitrogens with zero attached hydrogens (tertiary/aromatic N) is 1. The number of nitrogens with one attached hydrogen (secondary N) is 2. The largest absolute Gasteiger partial charge is 0.497 e. The number of amides is 3. The van der Waals surface area contributed by atoms with Crippen LogP contribution in [0.1, 0.15) is 33.1 Å². The molecule has 3 aliphatic rings. The van der Waals surface area contributed by atoms with Gasteiger partial charge in [-0.1, -0.05) is 29.8 Å². The van der Waals surface area contributed by atoms with Gasteiger partial charge in [-0.15, -0.1) is 0 Å².